The van der Waals surface area contributed by atoms with E-state index >= 15 is 0 Å². The van der Waals surface area contributed by atoms with Crippen molar-refractivity contribution < 1.29 is 14.5 Å². The van der Waals surface area contributed by atoms with Gasteiger partial charge in [-0.2, -0.15) is 0 Å². The summed E-state index contributed by atoms with van der Waals surface area (Å²) in [7, 11) is -1.18. The van der Waals surface area contributed by atoms with Gasteiger partial charge in [0.25, 0.3) is 0 Å². The standard InChI is InChI=1S/C28H42ClN5O2S.H2O/c1-28(2)11-5-7-22(17-28)10-13-32-14-15-34(37(3)36)26(20-32)27(35)31-12-9-25-18-30-21-33(25)19-23-6-4-8-24(29)16-23;/h4,6,8,16,18,21-22,26H,5,7,9-15,17,19-20H2,1-3H3,(H,31,35);1H2. The second-order valence-corrected chi connectivity index (χ2v) is 13.2. The highest BCUT2D eigenvalue weighted by molar-refractivity contribution is 7.81. The SMILES string of the molecule is CS(=O)N1CCN(CCC2CCCC(C)(C)C2)CC1C(=O)NCCc1cncn1Cc1cccc(Cl)c1.O. The number of benzene rings is 1. The second kappa shape index (κ2) is 14.0. The molecule has 4 rings (SSSR count). The van der Waals surface area contributed by atoms with Crippen molar-refractivity contribution >= 4 is 28.5 Å². The molecule has 1 aliphatic heterocycles. The summed E-state index contributed by atoms with van der Waals surface area (Å²) < 4.78 is 16.3. The molecule has 0 spiro atoms. The first-order chi connectivity index (χ1) is 17.7. The van der Waals surface area contributed by atoms with Crippen LogP contribution in [0.3, 0.4) is 0 Å². The zero-order valence-corrected chi connectivity index (χ0v) is 24.6. The molecule has 0 radical (unpaired) electrons. The number of aromatic nitrogens is 2. The Morgan fingerprint density at radius 2 is 2.11 bits per heavy atom. The molecule has 2 aliphatic rings. The molecule has 1 aromatic carbocycles. The predicted molar refractivity (Wildman–Crippen MR) is 154 cm³/mol. The number of hydrogen-bond acceptors (Lipinski definition) is 4. The number of hydrogen-bond donors (Lipinski definition) is 1. The van der Waals surface area contributed by atoms with E-state index in [0.717, 1.165) is 30.3 Å². The van der Waals surface area contributed by atoms with Crippen molar-refractivity contribution in [3.63, 3.8) is 0 Å². The number of amides is 1. The van der Waals surface area contributed by atoms with Crippen molar-refractivity contribution in [2.24, 2.45) is 11.3 Å². The number of carbonyl (C=O) groups is 1. The molecular formula is C28H44ClN5O3S. The van der Waals surface area contributed by atoms with Gasteiger partial charge in [-0.1, -0.05) is 50.4 Å². The maximum absolute atomic E-state index is 13.2. The topological polar surface area (TPSA) is 102 Å². The van der Waals surface area contributed by atoms with Gasteiger partial charge in [0, 0.05) is 62.3 Å². The van der Waals surface area contributed by atoms with Crippen molar-refractivity contribution in [3.8, 4) is 0 Å². The zero-order chi connectivity index (χ0) is 26.4. The Morgan fingerprint density at radius 3 is 2.84 bits per heavy atom. The molecule has 2 aromatic rings. The lowest BCUT2D eigenvalue weighted by molar-refractivity contribution is -0.126. The Kier molecular flexibility index (Phi) is 11.4. The summed E-state index contributed by atoms with van der Waals surface area (Å²) in [5, 5.41) is 3.82. The van der Waals surface area contributed by atoms with E-state index < -0.39 is 17.0 Å². The van der Waals surface area contributed by atoms with E-state index in [1.54, 1.807) is 6.26 Å². The molecule has 1 saturated heterocycles. The third kappa shape index (κ3) is 8.61. The zero-order valence-electron chi connectivity index (χ0n) is 23.0. The molecule has 212 valence electrons. The largest absolute Gasteiger partial charge is 0.412 e. The normalized spacial score (nSPS) is 22.9. The molecular weight excluding hydrogens is 522 g/mol. The van der Waals surface area contributed by atoms with Crippen molar-refractivity contribution in [1.29, 1.82) is 0 Å². The molecule has 0 bridgehead atoms. The van der Waals surface area contributed by atoms with Crippen LogP contribution in [0.5, 0.6) is 0 Å². The summed E-state index contributed by atoms with van der Waals surface area (Å²) in [6.07, 6.45) is 12.5. The van der Waals surface area contributed by atoms with Crippen molar-refractivity contribution in [2.45, 2.75) is 65.0 Å². The van der Waals surface area contributed by atoms with E-state index in [-0.39, 0.29) is 11.4 Å². The average molecular weight is 566 g/mol. The summed E-state index contributed by atoms with van der Waals surface area (Å²) in [5.41, 5.74) is 2.61. The number of nitrogens with one attached hydrogen (secondary N) is 1. The Balaban J connectivity index is 0.00000400. The first-order valence-corrected chi connectivity index (χ1v) is 15.4. The van der Waals surface area contributed by atoms with Gasteiger partial charge in [0.15, 0.2) is 0 Å². The van der Waals surface area contributed by atoms with E-state index in [9.17, 15) is 9.00 Å². The van der Waals surface area contributed by atoms with Gasteiger partial charge in [-0.3, -0.25) is 9.69 Å². The van der Waals surface area contributed by atoms with E-state index in [1.807, 2.05) is 41.1 Å². The molecule has 10 heteroatoms. The number of piperazine rings is 1. The van der Waals surface area contributed by atoms with Gasteiger partial charge < -0.3 is 15.4 Å². The first kappa shape index (κ1) is 30.8. The summed E-state index contributed by atoms with van der Waals surface area (Å²) in [6.45, 7) is 9.13. The molecule has 3 atom stereocenters. The van der Waals surface area contributed by atoms with E-state index in [4.69, 9.17) is 11.6 Å². The van der Waals surface area contributed by atoms with Crippen LogP contribution < -0.4 is 5.32 Å². The molecule has 8 nitrogen and oxygen atoms in total. The number of rotatable bonds is 10. The molecule has 1 aromatic heterocycles. The predicted octanol–water partition coefficient (Wildman–Crippen LogP) is 3.31. The monoisotopic (exact) mass is 565 g/mol. The molecule has 1 saturated carbocycles. The highest BCUT2D eigenvalue weighted by Crippen LogP contribution is 2.39. The van der Waals surface area contributed by atoms with E-state index in [2.05, 4.69) is 33.6 Å². The van der Waals surface area contributed by atoms with Crippen LogP contribution in [0.4, 0.5) is 0 Å². The molecule has 2 heterocycles. The van der Waals surface area contributed by atoms with Crippen LogP contribution in [0.1, 0.15) is 57.2 Å². The van der Waals surface area contributed by atoms with Crippen molar-refractivity contribution in [1.82, 2.24) is 24.1 Å². The minimum Gasteiger partial charge on any atom is -0.412 e. The third-order valence-corrected chi connectivity index (χ3v) is 9.26. The maximum Gasteiger partial charge on any atom is 0.239 e. The highest BCUT2D eigenvalue weighted by Gasteiger charge is 2.35. The fourth-order valence-electron chi connectivity index (χ4n) is 5.98. The number of nitrogens with zero attached hydrogens (tertiary/aromatic N) is 4. The average Bonchev–Trinajstić information content (AvgIpc) is 3.28. The number of halogens is 1. The Morgan fingerprint density at radius 1 is 1.29 bits per heavy atom. The van der Waals surface area contributed by atoms with Crippen molar-refractivity contribution in [2.75, 3.05) is 39.0 Å². The smallest absolute Gasteiger partial charge is 0.239 e. The molecule has 2 fully saturated rings. The second-order valence-electron chi connectivity index (χ2n) is 11.5. The Hall–Kier alpha value is -1.78. The van der Waals surface area contributed by atoms with Crippen LogP contribution in [-0.2, 0) is 28.7 Å². The lowest BCUT2D eigenvalue weighted by Gasteiger charge is -2.40. The summed E-state index contributed by atoms with van der Waals surface area (Å²) in [4.78, 5) is 19.9. The van der Waals surface area contributed by atoms with Gasteiger partial charge in [-0.05, 0) is 54.8 Å². The van der Waals surface area contributed by atoms with Gasteiger partial charge >= 0.3 is 0 Å². The van der Waals surface area contributed by atoms with Crippen LogP contribution in [0, 0.1) is 11.3 Å². The van der Waals surface area contributed by atoms with Crippen LogP contribution in [-0.4, -0.2) is 79.4 Å². The minimum atomic E-state index is -1.18. The molecule has 3 unspecified atom stereocenters. The highest BCUT2D eigenvalue weighted by atomic mass is 35.5. The van der Waals surface area contributed by atoms with Crippen LogP contribution in [0.25, 0.3) is 0 Å². The van der Waals surface area contributed by atoms with E-state index in [0.29, 0.717) is 43.0 Å². The molecule has 1 amide bonds. The van der Waals surface area contributed by atoms with Gasteiger partial charge in [0.05, 0.1) is 17.3 Å². The third-order valence-electron chi connectivity index (χ3n) is 7.93. The fraction of sp³-hybridized carbons (Fsp3) is 0.643. The van der Waals surface area contributed by atoms with Crippen LogP contribution >= 0.6 is 11.6 Å². The Labute approximate surface area is 235 Å². The molecule has 1 aliphatic carbocycles. The van der Waals surface area contributed by atoms with Gasteiger partial charge in [-0.25, -0.2) is 13.5 Å². The quantitative estimate of drug-likeness (QED) is 0.477. The summed E-state index contributed by atoms with van der Waals surface area (Å²) >= 11 is 6.13. The lowest BCUT2D eigenvalue weighted by atomic mass is 9.71. The molecule has 38 heavy (non-hydrogen) atoms. The maximum atomic E-state index is 13.2. The number of carbonyl (C=O) groups excluding carboxylic acids is 1. The van der Waals surface area contributed by atoms with E-state index in [1.165, 1.54) is 32.1 Å². The van der Waals surface area contributed by atoms with Gasteiger partial charge in [0.2, 0.25) is 5.91 Å². The summed E-state index contributed by atoms with van der Waals surface area (Å²) in [6, 6.07) is 7.42. The summed E-state index contributed by atoms with van der Waals surface area (Å²) in [5.74, 6) is 0.728. The van der Waals surface area contributed by atoms with Gasteiger partial charge in [0.1, 0.15) is 6.04 Å². The minimum absolute atomic E-state index is 0. The van der Waals surface area contributed by atoms with Crippen LogP contribution in [0.2, 0.25) is 5.02 Å². The first-order valence-electron chi connectivity index (χ1n) is 13.5. The molecule has 3 N–H and O–H groups in total. The number of imidazole rings is 1. The lowest BCUT2D eigenvalue weighted by Crippen LogP contribution is -2.59. The Bertz CT molecular complexity index is 1080. The fourth-order valence-corrected chi connectivity index (χ4v) is 7.05. The van der Waals surface area contributed by atoms with Gasteiger partial charge in [-0.15, -0.1) is 0 Å². The van der Waals surface area contributed by atoms with Crippen molar-refractivity contribution in [3.05, 3.63) is 53.1 Å². The van der Waals surface area contributed by atoms with Crippen LogP contribution in [0.15, 0.2) is 36.8 Å².